The lowest BCUT2D eigenvalue weighted by Crippen LogP contribution is -1.95. The zero-order chi connectivity index (χ0) is 18.7. The van der Waals surface area contributed by atoms with E-state index in [9.17, 15) is 17.6 Å². The third kappa shape index (κ3) is 3.72. The average molecular weight is 356 g/mol. The Hall–Kier alpha value is -2.80. The molecule has 0 radical (unpaired) electrons. The molecule has 0 heterocycles. The fraction of sp³-hybridized carbons (Fsp3) is 0.182. The van der Waals surface area contributed by atoms with E-state index in [1.807, 2.05) is 24.3 Å². The van der Waals surface area contributed by atoms with Crippen LogP contribution in [0.25, 0.3) is 10.8 Å². The topological polar surface area (TPSA) is 0 Å². The number of benzene rings is 3. The maximum atomic E-state index is 14.1. The summed E-state index contributed by atoms with van der Waals surface area (Å²) in [7, 11) is 0. The van der Waals surface area contributed by atoms with Gasteiger partial charge in [-0.3, -0.25) is 0 Å². The summed E-state index contributed by atoms with van der Waals surface area (Å²) in [6.45, 7) is 2.13. The number of halogens is 4. The van der Waals surface area contributed by atoms with Gasteiger partial charge in [-0.15, -0.1) is 0 Å². The third-order valence-corrected chi connectivity index (χ3v) is 4.15. The van der Waals surface area contributed by atoms with Crippen LogP contribution >= 0.6 is 0 Å². The van der Waals surface area contributed by atoms with Gasteiger partial charge in [0, 0.05) is 11.1 Å². The van der Waals surface area contributed by atoms with Crippen LogP contribution in [0.15, 0.2) is 42.5 Å². The summed E-state index contributed by atoms with van der Waals surface area (Å²) in [6.07, 6.45) is 3.25. The molecule has 0 saturated heterocycles. The summed E-state index contributed by atoms with van der Waals surface area (Å²) >= 11 is 0. The van der Waals surface area contributed by atoms with E-state index >= 15 is 0 Å². The third-order valence-electron chi connectivity index (χ3n) is 4.15. The molecule has 0 atom stereocenters. The summed E-state index contributed by atoms with van der Waals surface area (Å²) in [5, 5.41) is -0.643. The molecule has 0 saturated carbocycles. The molecule has 0 nitrogen and oxygen atoms in total. The van der Waals surface area contributed by atoms with Crippen molar-refractivity contribution in [1.82, 2.24) is 0 Å². The van der Waals surface area contributed by atoms with Crippen molar-refractivity contribution in [2.75, 3.05) is 0 Å². The summed E-state index contributed by atoms with van der Waals surface area (Å²) in [4.78, 5) is 0. The van der Waals surface area contributed by atoms with Crippen LogP contribution in [-0.2, 0) is 6.42 Å². The molecular weight excluding hydrogens is 340 g/mol. The second-order valence-electron chi connectivity index (χ2n) is 6.09. The molecule has 0 amide bonds. The van der Waals surface area contributed by atoms with Crippen LogP contribution in [0.4, 0.5) is 17.6 Å². The lowest BCUT2D eigenvalue weighted by molar-refractivity contribution is 0.451. The van der Waals surface area contributed by atoms with Crippen LogP contribution in [-0.4, -0.2) is 0 Å². The van der Waals surface area contributed by atoms with Crippen LogP contribution in [0.2, 0.25) is 0 Å². The monoisotopic (exact) mass is 356 g/mol. The maximum absolute atomic E-state index is 14.1. The van der Waals surface area contributed by atoms with E-state index in [0.717, 1.165) is 37.0 Å². The van der Waals surface area contributed by atoms with Gasteiger partial charge < -0.3 is 0 Å². The van der Waals surface area contributed by atoms with E-state index in [0.29, 0.717) is 0 Å². The molecule has 3 rings (SSSR count). The van der Waals surface area contributed by atoms with Gasteiger partial charge in [0.1, 0.15) is 5.82 Å². The molecule has 0 aliphatic rings. The minimum Gasteiger partial charge on any atom is -0.206 e. The largest absolute Gasteiger partial charge is 0.206 e. The van der Waals surface area contributed by atoms with E-state index in [4.69, 9.17) is 0 Å². The SMILES string of the molecule is CCCCc1ccc(C#Cc2cc(F)c3c(F)c(F)c(F)cc3c2)cc1. The summed E-state index contributed by atoms with van der Waals surface area (Å²) < 4.78 is 54.5. The van der Waals surface area contributed by atoms with Crippen molar-refractivity contribution in [3.63, 3.8) is 0 Å². The molecule has 0 bridgehead atoms. The van der Waals surface area contributed by atoms with Crippen molar-refractivity contribution in [3.8, 4) is 11.8 Å². The Morgan fingerprint density at radius 2 is 1.46 bits per heavy atom. The van der Waals surface area contributed by atoms with Gasteiger partial charge in [-0.1, -0.05) is 37.3 Å². The Bertz CT molecular complexity index is 1010. The second-order valence-corrected chi connectivity index (χ2v) is 6.09. The zero-order valence-corrected chi connectivity index (χ0v) is 14.2. The summed E-state index contributed by atoms with van der Waals surface area (Å²) in [5.74, 6) is 0.137. The van der Waals surface area contributed by atoms with Gasteiger partial charge in [0.15, 0.2) is 17.5 Å². The average Bonchev–Trinajstić information content (AvgIpc) is 2.63. The Kier molecular flexibility index (Phi) is 5.27. The second kappa shape index (κ2) is 7.61. The molecule has 0 N–H and O–H groups in total. The molecule has 0 aliphatic heterocycles. The van der Waals surface area contributed by atoms with Crippen molar-refractivity contribution in [1.29, 1.82) is 0 Å². The highest BCUT2D eigenvalue weighted by Gasteiger charge is 2.17. The predicted octanol–water partition coefficient (Wildman–Crippen LogP) is 6.14. The van der Waals surface area contributed by atoms with Crippen molar-refractivity contribution in [2.24, 2.45) is 0 Å². The van der Waals surface area contributed by atoms with Gasteiger partial charge >= 0.3 is 0 Å². The number of fused-ring (bicyclic) bond motifs is 1. The van der Waals surface area contributed by atoms with Crippen molar-refractivity contribution in [2.45, 2.75) is 26.2 Å². The van der Waals surface area contributed by atoms with E-state index in [2.05, 4.69) is 18.8 Å². The van der Waals surface area contributed by atoms with E-state index in [1.165, 1.54) is 11.6 Å². The van der Waals surface area contributed by atoms with Crippen LogP contribution in [0.1, 0.15) is 36.5 Å². The van der Waals surface area contributed by atoms with Gasteiger partial charge in [-0.05, 0) is 54.1 Å². The Balaban J connectivity index is 1.93. The van der Waals surface area contributed by atoms with Crippen LogP contribution in [0.3, 0.4) is 0 Å². The lowest BCUT2D eigenvalue weighted by Gasteiger charge is -2.04. The number of unbranched alkanes of at least 4 members (excludes halogenated alkanes) is 1. The van der Waals surface area contributed by atoms with Gasteiger partial charge in [-0.25, -0.2) is 17.6 Å². The number of hydrogen-bond donors (Lipinski definition) is 0. The molecule has 3 aromatic carbocycles. The molecule has 0 unspecified atom stereocenters. The highest BCUT2D eigenvalue weighted by atomic mass is 19.2. The molecule has 0 spiro atoms. The molecule has 0 aliphatic carbocycles. The Labute approximate surface area is 149 Å². The van der Waals surface area contributed by atoms with Gasteiger partial charge in [0.05, 0.1) is 5.39 Å². The fourth-order valence-electron chi connectivity index (χ4n) is 2.74. The molecule has 132 valence electrons. The Morgan fingerprint density at radius 3 is 2.15 bits per heavy atom. The molecule has 0 aromatic heterocycles. The number of hydrogen-bond acceptors (Lipinski definition) is 0. The lowest BCUT2D eigenvalue weighted by atomic mass is 10.0. The van der Waals surface area contributed by atoms with Gasteiger partial charge in [0.2, 0.25) is 0 Å². The zero-order valence-electron chi connectivity index (χ0n) is 14.2. The smallest absolute Gasteiger partial charge is 0.195 e. The minimum absolute atomic E-state index is 0.0689. The number of rotatable bonds is 3. The molecule has 26 heavy (non-hydrogen) atoms. The normalized spacial score (nSPS) is 10.7. The van der Waals surface area contributed by atoms with Crippen molar-refractivity contribution < 1.29 is 17.6 Å². The maximum Gasteiger partial charge on any atom is 0.195 e. The summed E-state index contributed by atoms with van der Waals surface area (Å²) in [5.41, 5.74) is 2.24. The first-order valence-corrected chi connectivity index (χ1v) is 8.37. The quantitative estimate of drug-likeness (QED) is 0.300. The van der Waals surface area contributed by atoms with Gasteiger partial charge in [0.25, 0.3) is 0 Å². The van der Waals surface area contributed by atoms with Gasteiger partial charge in [-0.2, -0.15) is 0 Å². The molecule has 4 heteroatoms. The standard InChI is InChI=1S/C22H16F4/c1-2-3-4-14-5-7-15(8-6-14)9-10-16-11-17-13-19(24)21(25)22(26)20(17)18(23)12-16/h5-8,11-13H,2-4H2,1H3. The molecular formula is C22H16F4. The van der Waals surface area contributed by atoms with Crippen molar-refractivity contribution >= 4 is 10.8 Å². The van der Waals surface area contributed by atoms with E-state index in [-0.39, 0.29) is 10.9 Å². The van der Waals surface area contributed by atoms with Crippen LogP contribution in [0.5, 0.6) is 0 Å². The van der Waals surface area contributed by atoms with Crippen LogP contribution in [0, 0.1) is 35.1 Å². The molecule has 0 fully saturated rings. The Morgan fingerprint density at radius 1 is 0.769 bits per heavy atom. The van der Waals surface area contributed by atoms with Crippen LogP contribution < -0.4 is 0 Å². The number of aryl methyl sites for hydroxylation is 1. The summed E-state index contributed by atoms with van der Waals surface area (Å²) in [6, 6.07) is 10.9. The first-order chi connectivity index (χ1) is 12.5. The van der Waals surface area contributed by atoms with E-state index in [1.54, 1.807) is 0 Å². The highest BCUT2D eigenvalue weighted by molar-refractivity contribution is 5.85. The first-order valence-electron chi connectivity index (χ1n) is 8.37. The van der Waals surface area contributed by atoms with Crippen molar-refractivity contribution in [3.05, 3.63) is 82.4 Å². The fourth-order valence-corrected chi connectivity index (χ4v) is 2.74. The first kappa shape index (κ1) is 18.0. The highest BCUT2D eigenvalue weighted by Crippen LogP contribution is 2.26. The predicted molar refractivity (Wildman–Crippen MR) is 94.8 cm³/mol. The van der Waals surface area contributed by atoms with E-state index < -0.39 is 28.7 Å². The molecule has 3 aromatic rings. The minimum atomic E-state index is -1.68.